The molecule has 1 unspecified atom stereocenters. The highest BCUT2D eigenvalue weighted by Crippen LogP contribution is 2.23. The molecule has 0 radical (unpaired) electrons. The van der Waals surface area contributed by atoms with Crippen molar-refractivity contribution >= 4 is 34.1 Å². The Morgan fingerprint density at radius 2 is 1.87 bits per heavy atom. The number of sulfonamides is 1. The minimum atomic E-state index is -3.82. The quantitative estimate of drug-likeness (QED) is 0.282. The first kappa shape index (κ1) is 25.5. The van der Waals surface area contributed by atoms with Gasteiger partial charge < -0.3 is 5.11 Å². The van der Waals surface area contributed by atoms with Crippen LogP contribution in [0, 0.1) is 10.1 Å². The van der Waals surface area contributed by atoms with Crippen LogP contribution in [0.1, 0.15) is 43.6 Å². The van der Waals surface area contributed by atoms with E-state index in [1.165, 1.54) is 12.1 Å². The van der Waals surface area contributed by atoms with Crippen LogP contribution in [0.15, 0.2) is 53.7 Å². The number of nitro benzene ring substituents is 1. The fraction of sp³-hybridized carbons (Fsp3) is 0.368. The molecule has 2 N–H and O–H groups in total. The fourth-order valence-electron chi connectivity index (χ4n) is 2.89. The summed E-state index contributed by atoms with van der Waals surface area (Å²) >= 11 is 0. The maximum Gasteiger partial charge on any atom is 0.303 e. The molecule has 0 aliphatic rings. The second-order valence-electron chi connectivity index (χ2n) is 6.58. The Morgan fingerprint density at radius 3 is 2.43 bits per heavy atom. The number of carboxylic acid groups (broad SMARTS) is 1. The predicted octanol–water partition coefficient (Wildman–Crippen LogP) is 3.51. The van der Waals surface area contributed by atoms with Crippen molar-refractivity contribution in [2.24, 2.45) is 0 Å². The summed E-state index contributed by atoms with van der Waals surface area (Å²) in [7, 11) is -3.82. The molecule has 0 amide bonds. The summed E-state index contributed by atoms with van der Waals surface area (Å²) in [4.78, 5) is 24.8. The van der Waals surface area contributed by atoms with Gasteiger partial charge in [-0.3, -0.25) is 19.9 Å². The number of rotatable bonds is 12. The van der Waals surface area contributed by atoms with Crippen molar-refractivity contribution in [1.82, 2.24) is 9.71 Å². The molecule has 11 heteroatoms. The molecule has 164 valence electrons. The lowest BCUT2D eigenvalue weighted by molar-refractivity contribution is -0.384. The van der Waals surface area contributed by atoms with E-state index in [4.69, 9.17) is 5.11 Å². The van der Waals surface area contributed by atoms with Crippen LogP contribution in [0.3, 0.4) is 0 Å². The maximum atomic E-state index is 12.5. The molecule has 0 spiro atoms. The standard InChI is InChI=1S/C19H23N3O6S.ClH/c23-19(24)7-3-1-2-5-16(15-6-4-12-20-13-15)14-21-29(27,28)18-10-8-17(9-11-18)22(25)26;/h4,6,8-13,16,21H,1-3,5,7,14H2,(H,23,24);1H. The first-order chi connectivity index (χ1) is 13.8. The van der Waals surface area contributed by atoms with E-state index in [0.29, 0.717) is 12.8 Å². The molecule has 0 aliphatic carbocycles. The number of halogens is 1. The van der Waals surface area contributed by atoms with Gasteiger partial charge in [0.25, 0.3) is 5.69 Å². The van der Waals surface area contributed by atoms with E-state index in [1.807, 2.05) is 6.07 Å². The lowest BCUT2D eigenvalue weighted by Gasteiger charge is -2.18. The zero-order valence-electron chi connectivity index (χ0n) is 16.1. The fourth-order valence-corrected chi connectivity index (χ4v) is 3.97. The summed E-state index contributed by atoms with van der Waals surface area (Å²) in [5.74, 6) is -0.953. The second kappa shape index (κ2) is 12.2. The van der Waals surface area contributed by atoms with Crippen LogP contribution in [0.4, 0.5) is 5.69 Å². The Kier molecular flexibility index (Phi) is 10.4. The van der Waals surface area contributed by atoms with Crippen molar-refractivity contribution in [3.05, 3.63) is 64.5 Å². The van der Waals surface area contributed by atoms with Crippen LogP contribution in [0.5, 0.6) is 0 Å². The SMILES string of the molecule is Cl.O=C(O)CCCCCC(CNS(=O)(=O)c1ccc([N+](=O)[O-])cc1)c1cccnc1. The van der Waals surface area contributed by atoms with Crippen LogP contribution in [0.2, 0.25) is 0 Å². The smallest absolute Gasteiger partial charge is 0.303 e. The Balaban J connectivity index is 0.00000450. The largest absolute Gasteiger partial charge is 0.481 e. The summed E-state index contributed by atoms with van der Waals surface area (Å²) in [6.45, 7) is 0.143. The lowest BCUT2D eigenvalue weighted by Crippen LogP contribution is -2.28. The van der Waals surface area contributed by atoms with Crippen LogP contribution in [-0.4, -0.2) is 35.9 Å². The molecule has 0 saturated carbocycles. The molecule has 0 aliphatic heterocycles. The van der Waals surface area contributed by atoms with Gasteiger partial charge in [0.2, 0.25) is 10.0 Å². The predicted molar refractivity (Wildman–Crippen MR) is 113 cm³/mol. The summed E-state index contributed by atoms with van der Waals surface area (Å²) in [6, 6.07) is 8.34. The van der Waals surface area contributed by atoms with Crippen molar-refractivity contribution < 1.29 is 23.2 Å². The summed E-state index contributed by atoms with van der Waals surface area (Å²) < 4.78 is 27.6. The van der Waals surface area contributed by atoms with Gasteiger partial charge in [-0.05, 0) is 42.5 Å². The number of aliphatic carboxylic acids is 1. The number of carboxylic acids is 1. The number of benzene rings is 1. The Bertz CT molecular complexity index is 923. The number of pyridine rings is 1. The average molecular weight is 458 g/mol. The van der Waals surface area contributed by atoms with Gasteiger partial charge in [-0.25, -0.2) is 13.1 Å². The first-order valence-corrected chi connectivity index (χ1v) is 10.6. The van der Waals surface area contributed by atoms with E-state index >= 15 is 0 Å². The number of hydrogen-bond acceptors (Lipinski definition) is 6. The number of nitrogens with one attached hydrogen (secondary N) is 1. The molecule has 0 saturated heterocycles. The third-order valence-corrected chi connectivity index (χ3v) is 5.92. The van der Waals surface area contributed by atoms with Gasteiger partial charge in [-0.15, -0.1) is 12.4 Å². The molecule has 1 aromatic heterocycles. The molecule has 1 atom stereocenters. The van der Waals surface area contributed by atoms with E-state index in [1.54, 1.807) is 18.5 Å². The topological polar surface area (TPSA) is 140 Å². The van der Waals surface area contributed by atoms with E-state index < -0.39 is 20.9 Å². The minimum Gasteiger partial charge on any atom is -0.481 e. The average Bonchev–Trinajstić information content (AvgIpc) is 2.70. The molecule has 2 aromatic rings. The minimum absolute atomic E-state index is 0. The Morgan fingerprint density at radius 1 is 1.17 bits per heavy atom. The molecule has 0 bridgehead atoms. The van der Waals surface area contributed by atoms with Crippen LogP contribution in [0.25, 0.3) is 0 Å². The van der Waals surface area contributed by atoms with Crippen molar-refractivity contribution in [1.29, 1.82) is 0 Å². The second-order valence-corrected chi connectivity index (χ2v) is 8.35. The number of nitro groups is 1. The van der Waals surface area contributed by atoms with Gasteiger partial charge in [0.15, 0.2) is 0 Å². The van der Waals surface area contributed by atoms with Crippen molar-refractivity contribution in [3.8, 4) is 0 Å². The van der Waals surface area contributed by atoms with Gasteiger partial charge in [0.05, 0.1) is 9.82 Å². The van der Waals surface area contributed by atoms with E-state index in [0.717, 1.165) is 30.5 Å². The molecule has 0 fully saturated rings. The van der Waals surface area contributed by atoms with Gasteiger partial charge >= 0.3 is 5.97 Å². The Labute approximate surface area is 181 Å². The summed E-state index contributed by atoms with van der Waals surface area (Å²) in [5, 5.41) is 19.4. The van der Waals surface area contributed by atoms with Crippen molar-refractivity contribution in [2.45, 2.75) is 42.9 Å². The molecule has 2 rings (SSSR count). The zero-order chi connectivity index (χ0) is 21.3. The lowest BCUT2D eigenvalue weighted by atomic mass is 9.94. The number of hydrogen-bond donors (Lipinski definition) is 2. The molecule has 30 heavy (non-hydrogen) atoms. The highest BCUT2D eigenvalue weighted by Gasteiger charge is 2.19. The van der Waals surface area contributed by atoms with E-state index in [2.05, 4.69) is 9.71 Å². The van der Waals surface area contributed by atoms with Gasteiger partial charge in [0.1, 0.15) is 0 Å². The molecular weight excluding hydrogens is 434 g/mol. The zero-order valence-corrected chi connectivity index (χ0v) is 17.8. The molecular formula is C19H24ClN3O6S. The number of unbranched alkanes of at least 4 members (excludes halogenated alkanes) is 2. The number of nitrogens with zero attached hydrogens (tertiary/aromatic N) is 2. The van der Waals surface area contributed by atoms with Crippen LogP contribution in [-0.2, 0) is 14.8 Å². The normalized spacial score (nSPS) is 12.0. The molecule has 1 heterocycles. The van der Waals surface area contributed by atoms with Gasteiger partial charge in [-0.1, -0.05) is 18.9 Å². The van der Waals surface area contributed by atoms with Crippen LogP contribution >= 0.6 is 12.4 Å². The number of non-ortho nitro benzene ring substituents is 1. The van der Waals surface area contributed by atoms with Gasteiger partial charge in [0, 0.05) is 37.5 Å². The number of carbonyl (C=O) groups is 1. The van der Waals surface area contributed by atoms with E-state index in [9.17, 15) is 23.3 Å². The van der Waals surface area contributed by atoms with Crippen molar-refractivity contribution in [2.75, 3.05) is 6.54 Å². The van der Waals surface area contributed by atoms with Gasteiger partial charge in [-0.2, -0.15) is 0 Å². The number of aromatic nitrogens is 1. The van der Waals surface area contributed by atoms with Crippen molar-refractivity contribution in [3.63, 3.8) is 0 Å². The molecule has 1 aromatic carbocycles. The summed E-state index contributed by atoms with van der Waals surface area (Å²) in [5.41, 5.74) is 0.704. The Hall–Kier alpha value is -2.56. The third-order valence-electron chi connectivity index (χ3n) is 4.48. The molecule has 9 nitrogen and oxygen atoms in total. The van der Waals surface area contributed by atoms with E-state index in [-0.39, 0.29) is 41.9 Å². The maximum absolute atomic E-state index is 12.5. The highest BCUT2D eigenvalue weighted by atomic mass is 35.5. The van der Waals surface area contributed by atoms with Crippen LogP contribution < -0.4 is 4.72 Å². The first-order valence-electron chi connectivity index (χ1n) is 9.15. The third kappa shape index (κ3) is 8.05. The monoisotopic (exact) mass is 457 g/mol. The summed E-state index contributed by atoms with van der Waals surface area (Å²) in [6.07, 6.45) is 6.17. The highest BCUT2D eigenvalue weighted by molar-refractivity contribution is 7.89.